The fraction of sp³-hybridized carbons (Fsp3) is 0.367. The number of aliphatic hydroxyl groups is 2. The number of hydrogen-bond donors (Lipinski definition) is 3. The number of unbranched alkanes of at least 4 members (excludes halogenated alkanes) is 1. The Balaban J connectivity index is 1.54. The normalized spacial score (nSPS) is 11.5. The highest BCUT2D eigenvalue weighted by atomic mass is 16.5. The molecule has 0 bridgehead atoms. The molecule has 0 atom stereocenters. The first-order chi connectivity index (χ1) is 17.5. The highest BCUT2D eigenvalue weighted by Crippen LogP contribution is 2.33. The lowest BCUT2D eigenvalue weighted by Crippen LogP contribution is -2.11. The van der Waals surface area contributed by atoms with E-state index >= 15 is 0 Å². The van der Waals surface area contributed by atoms with Gasteiger partial charge in [-0.2, -0.15) is 0 Å². The van der Waals surface area contributed by atoms with Crippen molar-refractivity contribution in [3.63, 3.8) is 0 Å². The van der Waals surface area contributed by atoms with E-state index in [1.54, 1.807) is 43.3 Å². The molecule has 198 valence electrons. The van der Waals surface area contributed by atoms with E-state index in [9.17, 15) is 20.1 Å². The molecular weight excluding hydrogens is 472 g/mol. The van der Waals surface area contributed by atoms with Gasteiger partial charge in [-0.05, 0) is 55.0 Å². The molecule has 7 nitrogen and oxygen atoms in total. The van der Waals surface area contributed by atoms with E-state index in [2.05, 4.69) is 20.8 Å². The van der Waals surface area contributed by atoms with Crippen LogP contribution in [0.25, 0.3) is 0 Å². The van der Waals surface area contributed by atoms with Gasteiger partial charge in [-0.1, -0.05) is 51.1 Å². The number of aromatic hydroxyl groups is 1. The van der Waals surface area contributed by atoms with E-state index in [1.165, 1.54) is 13.2 Å². The van der Waals surface area contributed by atoms with Crippen LogP contribution in [0.15, 0.2) is 54.6 Å². The van der Waals surface area contributed by atoms with E-state index in [0.717, 1.165) is 5.56 Å². The van der Waals surface area contributed by atoms with Crippen LogP contribution in [-0.4, -0.2) is 41.4 Å². The maximum absolute atomic E-state index is 13.0. The number of rotatable bonds is 11. The maximum Gasteiger partial charge on any atom is 0.196 e. The summed E-state index contributed by atoms with van der Waals surface area (Å²) in [7, 11) is 1.52. The van der Waals surface area contributed by atoms with Gasteiger partial charge in [-0.25, -0.2) is 0 Å². The first-order valence-electron chi connectivity index (χ1n) is 12.3. The van der Waals surface area contributed by atoms with Gasteiger partial charge in [-0.3, -0.25) is 4.79 Å². The smallest absolute Gasteiger partial charge is 0.196 e. The molecule has 0 aromatic heterocycles. The molecule has 0 saturated heterocycles. The molecule has 3 aromatic rings. The van der Waals surface area contributed by atoms with Crippen molar-refractivity contribution in [3.05, 3.63) is 82.4 Å². The molecule has 37 heavy (non-hydrogen) atoms. The number of carbonyl (C=O) groups excluding carboxylic acids is 1. The Morgan fingerprint density at radius 1 is 0.865 bits per heavy atom. The number of phenolic OH excluding ortho intramolecular Hbond substituents is 1. The molecule has 0 saturated carbocycles. The average Bonchev–Trinajstić information content (AvgIpc) is 2.87. The molecule has 0 aliphatic heterocycles. The predicted molar refractivity (Wildman–Crippen MR) is 142 cm³/mol. The van der Waals surface area contributed by atoms with Crippen molar-refractivity contribution >= 4 is 5.78 Å². The van der Waals surface area contributed by atoms with E-state index in [1.807, 2.05) is 12.1 Å². The third kappa shape index (κ3) is 7.02. The predicted octanol–water partition coefficient (Wildman–Crippen LogP) is 5.46. The summed E-state index contributed by atoms with van der Waals surface area (Å²) < 4.78 is 16.8. The zero-order valence-corrected chi connectivity index (χ0v) is 22.1. The van der Waals surface area contributed by atoms with Gasteiger partial charge < -0.3 is 29.5 Å². The Bertz CT molecular complexity index is 1210. The number of methoxy groups -OCH3 is 1. The molecule has 0 heterocycles. The van der Waals surface area contributed by atoms with Crippen molar-refractivity contribution in [2.24, 2.45) is 0 Å². The molecule has 0 aliphatic rings. The summed E-state index contributed by atoms with van der Waals surface area (Å²) in [6.45, 7) is 8.86. The van der Waals surface area contributed by atoms with Gasteiger partial charge in [0.2, 0.25) is 0 Å². The number of carbonyl (C=O) groups is 1. The largest absolute Gasteiger partial charge is 0.507 e. The van der Waals surface area contributed by atoms with Crippen LogP contribution in [0.1, 0.15) is 72.5 Å². The molecule has 3 rings (SSSR count). The molecule has 0 amide bonds. The topological polar surface area (TPSA) is 105 Å². The summed E-state index contributed by atoms with van der Waals surface area (Å²) >= 11 is 0. The van der Waals surface area contributed by atoms with Crippen LogP contribution in [-0.2, 0) is 5.41 Å². The number of ether oxygens (including phenoxy) is 3. The lowest BCUT2D eigenvalue weighted by molar-refractivity contribution is -0.0426. The molecule has 0 unspecified atom stereocenters. The van der Waals surface area contributed by atoms with Crippen molar-refractivity contribution in [2.45, 2.75) is 52.2 Å². The molecule has 0 spiro atoms. The Hall–Kier alpha value is -3.55. The molecule has 0 radical (unpaired) electrons. The van der Waals surface area contributed by atoms with Gasteiger partial charge in [0, 0.05) is 16.7 Å². The maximum atomic E-state index is 13.0. The minimum Gasteiger partial charge on any atom is -0.507 e. The van der Waals surface area contributed by atoms with E-state index < -0.39 is 6.29 Å². The number of benzene rings is 3. The standard InChI is InChI=1S/C30H36O7/c1-19-24(36-16-6-7-17-37-26-18-21(29(33)34)10-14-25(26)35-5)15-13-23(27(19)31)28(32)20-8-11-22(12-9-20)30(2,3)4/h8-15,18,29,31,33-34H,6-7,16-17H2,1-5H3. The minimum absolute atomic E-state index is 0.00711. The first kappa shape index (κ1) is 28.0. The average molecular weight is 509 g/mol. The molecule has 7 heteroatoms. The quantitative estimate of drug-likeness (QED) is 0.179. The zero-order valence-electron chi connectivity index (χ0n) is 22.1. The summed E-state index contributed by atoms with van der Waals surface area (Å²) in [6, 6.07) is 15.5. The summed E-state index contributed by atoms with van der Waals surface area (Å²) in [5, 5.41) is 29.4. The Morgan fingerprint density at radius 2 is 1.46 bits per heavy atom. The van der Waals surface area contributed by atoms with Crippen molar-refractivity contribution in [3.8, 4) is 23.0 Å². The van der Waals surface area contributed by atoms with E-state index in [4.69, 9.17) is 14.2 Å². The van der Waals surface area contributed by atoms with Crippen molar-refractivity contribution in [2.75, 3.05) is 20.3 Å². The van der Waals surface area contributed by atoms with Gasteiger partial charge in [0.05, 0.1) is 25.9 Å². The Kier molecular flexibility index (Phi) is 9.18. The summed E-state index contributed by atoms with van der Waals surface area (Å²) in [4.78, 5) is 13.0. The second-order valence-corrected chi connectivity index (χ2v) is 9.93. The number of ketones is 1. The van der Waals surface area contributed by atoms with Crippen LogP contribution < -0.4 is 14.2 Å². The van der Waals surface area contributed by atoms with E-state index in [-0.39, 0.29) is 22.5 Å². The van der Waals surface area contributed by atoms with Gasteiger partial charge in [0.25, 0.3) is 0 Å². The second kappa shape index (κ2) is 12.1. The van der Waals surface area contributed by atoms with Gasteiger partial charge >= 0.3 is 0 Å². The Morgan fingerprint density at radius 3 is 2.03 bits per heavy atom. The van der Waals surface area contributed by atoms with Crippen molar-refractivity contribution in [1.82, 2.24) is 0 Å². The highest BCUT2D eigenvalue weighted by molar-refractivity contribution is 6.11. The number of phenols is 1. The summed E-state index contributed by atoms with van der Waals surface area (Å²) in [6.07, 6.45) is -0.218. The van der Waals surface area contributed by atoms with Crippen LogP contribution in [0, 0.1) is 6.92 Å². The van der Waals surface area contributed by atoms with Crippen molar-refractivity contribution < 1.29 is 34.3 Å². The number of hydrogen-bond acceptors (Lipinski definition) is 7. The first-order valence-corrected chi connectivity index (χ1v) is 12.3. The van der Waals surface area contributed by atoms with Crippen LogP contribution in [0.4, 0.5) is 0 Å². The second-order valence-electron chi connectivity index (χ2n) is 9.93. The summed E-state index contributed by atoms with van der Waals surface area (Å²) in [5.41, 5.74) is 2.72. The third-order valence-corrected chi connectivity index (χ3v) is 6.18. The molecule has 0 aliphatic carbocycles. The zero-order chi connectivity index (χ0) is 27.2. The highest BCUT2D eigenvalue weighted by Gasteiger charge is 2.19. The van der Waals surface area contributed by atoms with Gasteiger partial charge in [0.1, 0.15) is 11.5 Å². The monoisotopic (exact) mass is 508 g/mol. The molecule has 0 fully saturated rings. The third-order valence-electron chi connectivity index (χ3n) is 6.18. The fourth-order valence-corrected chi connectivity index (χ4v) is 3.83. The Labute approximate surface area is 218 Å². The van der Waals surface area contributed by atoms with E-state index in [0.29, 0.717) is 60.0 Å². The van der Waals surface area contributed by atoms with Crippen molar-refractivity contribution in [1.29, 1.82) is 0 Å². The lowest BCUT2D eigenvalue weighted by atomic mass is 9.86. The van der Waals surface area contributed by atoms with Crippen LogP contribution in [0.2, 0.25) is 0 Å². The summed E-state index contributed by atoms with van der Waals surface area (Å²) in [5.74, 6) is 1.14. The van der Waals surface area contributed by atoms with Gasteiger partial charge in [0.15, 0.2) is 23.6 Å². The number of aliphatic hydroxyl groups excluding tert-OH is 1. The molecular formula is C30H36O7. The minimum atomic E-state index is -1.59. The van der Waals surface area contributed by atoms with Crippen LogP contribution in [0.3, 0.4) is 0 Å². The lowest BCUT2D eigenvalue weighted by Gasteiger charge is -2.19. The van der Waals surface area contributed by atoms with Crippen LogP contribution >= 0.6 is 0 Å². The fourth-order valence-electron chi connectivity index (χ4n) is 3.83. The van der Waals surface area contributed by atoms with Gasteiger partial charge in [-0.15, -0.1) is 0 Å². The molecule has 3 N–H and O–H groups in total. The SMILES string of the molecule is COc1ccc(C(O)O)cc1OCCCCOc1ccc(C(=O)c2ccc(C(C)(C)C)cc2)c(O)c1C. The molecule has 3 aromatic carbocycles. The van der Waals surface area contributed by atoms with Crippen LogP contribution in [0.5, 0.6) is 23.0 Å².